The van der Waals surface area contributed by atoms with Crippen molar-refractivity contribution in [1.82, 2.24) is 4.98 Å². The average molecular weight is 355 g/mol. The number of nitrogens with one attached hydrogen (secondary N) is 1. The highest BCUT2D eigenvalue weighted by atomic mass is 32.2. The van der Waals surface area contributed by atoms with Gasteiger partial charge in [0.05, 0.1) is 18.2 Å². The van der Waals surface area contributed by atoms with Crippen LogP contribution < -0.4 is 0 Å². The molecule has 4 rings (SSSR count). The van der Waals surface area contributed by atoms with E-state index in [2.05, 4.69) is 11.1 Å². The number of aromatic nitrogens is 1. The smallest absolute Gasteiger partial charge is 0.340 e. The fourth-order valence-corrected chi connectivity index (χ4v) is 4.70. The Balaban J connectivity index is 1.92. The number of ether oxygens (including phenoxy) is 1. The molecule has 0 aliphatic carbocycles. The number of esters is 1. The van der Waals surface area contributed by atoms with Gasteiger partial charge in [0.2, 0.25) is 0 Å². The highest BCUT2D eigenvalue weighted by molar-refractivity contribution is 7.99. The lowest BCUT2D eigenvalue weighted by atomic mass is 9.94. The lowest BCUT2D eigenvalue weighted by Gasteiger charge is -2.10. The van der Waals surface area contributed by atoms with Crippen molar-refractivity contribution in [2.45, 2.75) is 12.3 Å². The molecular formula is C20H18FNO2S. The molecular weight excluding hydrogens is 337 g/mol. The van der Waals surface area contributed by atoms with E-state index in [9.17, 15) is 9.18 Å². The Morgan fingerprint density at radius 2 is 2.04 bits per heavy atom. The van der Waals surface area contributed by atoms with Gasteiger partial charge in [-0.25, -0.2) is 9.18 Å². The van der Waals surface area contributed by atoms with Crippen LogP contribution in [0.2, 0.25) is 0 Å². The number of benzene rings is 2. The summed E-state index contributed by atoms with van der Waals surface area (Å²) < 4.78 is 18.2. The number of aromatic amines is 1. The Kier molecular flexibility index (Phi) is 4.25. The van der Waals surface area contributed by atoms with E-state index in [-0.39, 0.29) is 11.8 Å². The first-order chi connectivity index (χ1) is 12.2. The Hall–Kier alpha value is -2.27. The Labute approximate surface area is 149 Å². The van der Waals surface area contributed by atoms with E-state index in [1.165, 1.54) is 30.6 Å². The number of rotatable bonds is 3. The molecule has 0 saturated carbocycles. The van der Waals surface area contributed by atoms with Crippen LogP contribution in [-0.2, 0) is 4.74 Å². The molecule has 1 fully saturated rings. The van der Waals surface area contributed by atoms with Gasteiger partial charge in [0, 0.05) is 17.3 Å². The number of hydrogen-bond donors (Lipinski definition) is 1. The van der Waals surface area contributed by atoms with E-state index in [4.69, 9.17) is 4.74 Å². The minimum atomic E-state index is -0.372. The normalized spacial score (nSPS) is 17.1. The molecule has 1 aliphatic rings. The molecule has 1 atom stereocenters. The van der Waals surface area contributed by atoms with Gasteiger partial charge in [-0.2, -0.15) is 11.8 Å². The highest BCUT2D eigenvalue weighted by Gasteiger charge is 2.23. The van der Waals surface area contributed by atoms with Crippen molar-refractivity contribution in [2.75, 3.05) is 18.6 Å². The average Bonchev–Trinajstić information content (AvgIpc) is 3.30. The van der Waals surface area contributed by atoms with Crippen LogP contribution in [0.3, 0.4) is 0 Å². The third kappa shape index (κ3) is 2.93. The number of fused-ring (bicyclic) bond motifs is 1. The van der Waals surface area contributed by atoms with Gasteiger partial charge in [-0.15, -0.1) is 0 Å². The van der Waals surface area contributed by atoms with Crippen molar-refractivity contribution >= 4 is 28.6 Å². The number of carbonyl (C=O) groups excluding carboxylic acids is 1. The van der Waals surface area contributed by atoms with Crippen LogP contribution in [0.4, 0.5) is 4.39 Å². The Morgan fingerprint density at radius 3 is 2.72 bits per heavy atom. The maximum atomic E-state index is 13.3. The van der Waals surface area contributed by atoms with E-state index in [1.54, 1.807) is 12.1 Å². The van der Waals surface area contributed by atoms with Gasteiger partial charge in [-0.05, 0) is 59.0 Å². The largest absolute Gasteiger partial charge is 0.465 e. The third-order valence-corrected chi connectivity index (χ3v) is 5.94. The molecule has 0 amide bonds. The molecule has 0 bridgehead atoms. The van der Waals surface area contributed by atoms with Gasteiger partial charge >= 0.3 is 5.97 Å². The van der Waals surface area contributed by atoms with Crippen LogP contribution in [0.15, 0.2) is 42.6 Å². The zero-order valence-corrected chi connectivity index (χ0v) is 14.7. The van der Waals surface area contributed by atoms with Gasteiger partial charge < -0.3 is 9.72 Å². The van der Waals surface area contributed by atoms with E-state index < -0.39 is 0 Å². The molecule has 2 aromatic carbocycles. The predicted octanol–water partition coefficient (Wildman–Crippen LogP) is 4.98. The summed E-state index contributed by atoms with van der Waals surface area (Å²) in [5.41, 5.74) is 4.33. The van der Waals surface area contributed by atoms with E-state index >= 15 is 0 Å². The molecule has 1 saturated heterocycles. The van der Waals surface area contributed by atoms with Crippen LogP contribution in [0.1, 0.15) is 28.3 Å². The van der Waals surface area contributed by atoms with Gasteiger partial charge in [0.25, 0.3) is 0 Å². The van der Waals surface area contributed by atoms with Crippen LogP contribution in [0.25, 0.3) is 22.0 Å². The summed E-state index contributed by atoms with van der Waals surface area (Å²) in [6.45, 7) is 0. The van der Waals surface area contributed by atoms with Crippen molar-refractivity contribution in [2.24, 2.45) is 0 Å². The van der Waals surface area contributed by atoms with E-state index in [1.807, 2.05) is 24.0 Å². The van der Waals surface area contributed by atoms with E-state index in [0.717, 1.165) is 34.2 Å². The minimum Gasteiger partial charge on any atom is -0.465 e. The zero-order chi connectivity index (χ0) is 17.4. The van der Waals surface area contributed by atoms with Crippen molar-refractivity contribution in [3.63, 3.8) is 0 Å². The summed E-state index contributed by atoms with van der Waals surface area (Å²) in [6.07, 6.45) is 3.16. The second-order valence-electron chi connectivity index (χ2n) is 6.25. The zero-order valence-electron chi connectivity index (χ0n) is 13.8. The third-order valence-electron chi connectivity index (χ3n) is 4.77. The topological polar surface area (TPSA) is 42.1 Å². The molecule has 1 aliphatic heterocycles. The lowest BCUT2D eigenvalue weighted by Crippen LogP contribution is -2.03. The molecule has 1 aromatic heterocycles. The van der Waals surface area contributed by atoms with Gasteiger partial charge in [0.15, 0.2) is 0 Å². The van der Waals surface area contributed by atoms with Gasteiger partial charge in [0.1, 0.15) is 5.82 Å². The molecule has 1 N–H and O–H groups in total. The van der Waals surface area contributed by atoms with Crippen LogP contribution in [0, 0.1) is 5.82 Å². The lowest BCUT2D eigenvalue weighted by molar-refractivity contribution is 0.0603. The maximum Gasteiger partial charge on any atom is 0.340 e. The number of hydrogen-bond acceptors (Lipinski definition) is 3. The van der Waals surface area contributed by atoms with Crippen LogP contribution in [-0.4, -0.2) is 29.6 Å². The van der Waals surface area contributed by atoms with Crippen molar-refractivity contribution < 1.29 is 13.9 Å². The Bertz CT molecular complexity index is 927. The molecule has 5 heteroatoms. The maximum absolute atomic E-state index is 13.3. The number of H-pyrrole nitrogens is 1. The number of thioether (sulfide) groups is 1. The molecule has 0 radical (unpaired) electrons. The molecule has 128 valence electrons. The standard InChI is InChI=1S/C20H18FNO2S/c1-24-20(23)17-9-14(12-2-4-15(21)5-3-12)8-16-18(10-22-19(16)17)13-6-7-25-11-13/h2-5,8-10,13,22H,6-7,11H2,1H3/t13-/m1/s1. The van der Waals surface area contributed by atoms with Crippen molar-refractivity contribution in [3.8, 4) is 11.1 Å². The number of carbonyl (C=O) groups is 1. The fourth-order valence-electron chi connectivity index (χ4n) is 3.45. The summed E-state index contributed by atoms with van der Waals surface area (Å²) in [6, 6.07) is 10.2. The highest BCUT2D eigenvalue weighted by Crippen LogP contribution is 2.38. The summed E-state index contributed by atoms with van der Waals surface area (Å²) >= 11 is 1.96. The predicted molar refractivity (Wildman–Crippen MR) is 99.7 cm³/mol. The fraction of sp³-hybridized carbons (Fsp3) is 0.250. The summed E-state index contributed by atoms with van der Waals surface area (Å²) in [5, 5.41) is 1.05. The number of methoxy groups -OCH3 is 1. The summed E-state index contributed by atoms with van der Waals surface area (Å²) in [5.74, 6) is 2.11. The first-order valence-electron chi connectivity index (χ1n) is 8.24. The monoisotopic (exact) mass is 355 g/mol. The van der Waals surface area contributed by atoms with Crippen molar-refractivity contribution in [3.05, 3.63) is 59.5 Å². The van der Waals surface area contributed by atoms with E-state index in [0.29, 0.717) is 11.5 Å². The molecule has 0 unspecified atom stereocenters. The second-order valence-corrected chi connectivity index (χ2v) is 7.40. The van der Waals surface area contributed by atoms with Crippen LogP contribution in [0.5, 0.6) is 0 Å². The van der Waals surface area contributed by atoms with Crippen molar-refractivity contribution in [1.29, 1.82) is 0 Å². The SMILES string of the molecule is COC(=O)c1cc(-c2ccc(F)cc2)cc2c([C@@H]3CCSC3)c[nH]c12. The molecule has 2 heterocycles. The van der Waals surface area contributed by atoms with Gasteiger partial charge in [-0.3, -0.25) is 0 Å². The summed E-state index contributed by atoms with van der Waals surface area (Å²) in [4.78, 5) is 15.6. The minimum absolute atomic E-state index is 0.275. The van der Waals surface area contributed by atoms with Gasteiger partial charge in [-0.1, -0.05) is 12.1 Å². The molecule has 3 nitrogen and oxygen atoms in total. The quantitative estimate of drug-likeness (QED) is 0.674. The second kappa shape index (κ2) is 6.56. The molecule has 3 aromatic rings. The first-order valence-corrected chi connectivity index (χ1v) is 9.40. The molecule has 0 spiro atoms. The Morgan fingerprint density at radius 1 is 1.24 bits per heavy atom. The first kappa shape index (κ1) is 16.2. The van der Waals surface area contributed by atoms with Crippen LogP contribution >= 0.6 is 11.8 Å². The number of halogens is 1. The molecule has 25 heavy (non-hydrogen) atoms. The summed E-state index contributed by atoms with van der Waals surface area (Å²) in [7, 11) is 1.39.